The van der Waals surface area contributed by atoms with Crippen LogP contribution in [-0.2, 0) is 6.61 Å². The topological polar surface area (TPSA) is 56.6 Å². The van der Waals surface area contributed by atoms with Crippen molar-refractivity contribution < 1.29 is 10.2 Å². The number of hydrogen-bond donors (Lipinski definition) is 2. The maximum Gasteiger partial charge on any atom is 0.129 e. The molecule has 1 aromatic heterocycles. The number of para-hydroxylation sites is 1. The van der Waals surface area contributed by atoms with Crippen LogP contribution < -0.4 is 4.90 Å². The van der Waals surface area contributed by atoms with Crippen LogP contribution in [-0.4, -0.2) is 34.4 Å². The minimum atomic E-state index is 0.00760. The standard InChI is InChI=1S/C17H22N2O2/c20-10-9-19(14-5-1-2-6-14)17-11-13(12-21)15-7-3-4-8-16(15)18-17/h3-4,7-8,11,14,20-21H,1-2,5-6,9-10,12H2. The number of aromatic nitrogens is 1. The lowest BCUT2D eigenvalue weighted by molar-refractivity contribution is 0.283. The third-order valence-corrected chi connectivity index (χ3v) is 4.36. The van der Waals surface area contributed by atoms with Crippen LogP contribution >= 0.6 is 0 Å². The summed E-state index contributed by atoms with van der Waals surface area (Å²) in [6.45, 7) is 0.730. The largest absolute Gasteiger partial charge is 0.395 e. The molecule has 4 nitrogen and oxygen atoms in total. The summed E-state index contributed by atoms with van der Waals surface area (Å²) < 4.78 is 0. The Bertz CT molecular complexity index is 609. The Labute approximate surface area is 125 Å². The predicted octanol–water partition coefficient (Wildman–Crippen LogP) is 2.47. The van der Waals surface area contributed by atoms with Gasteiger partial charge >= 0.3 is 0 Å². The van der Waals surface area contributed by atoms with E-state index in [4.69, 9.17) is 4.98 Å². The van der Waals surface area contributed by atoms with E-state index in [-0.39, 0.29) is 13.2 Å². The first-order valence-corrected chi connectivity index (χ1v) is 7.70. The van der Waals surface area contributed by atoms with Crippen molar-refractivity contribution in [2.75, 3.05) is 18.1 Å². The average molecular weight is 286 g/mol. The van der Waals surface area contributed by atoms with E-state index in [1.165, 1.54) is 12.8 Å². The Kier molecular flexibility index (Phi) is 4.36. The fourth-order valence-corrected chi connectivity index (χ4v) is 3.32. The summed E-state index contributed by atoms with van der Waals surface area (Å²) >= 11 is 0. The van der Waals surface area contributed by atoms with Gasteiger partial charge in [-0.25, -0.2) is 4.98 Å². The van der Waals surface area contributed by atoms with Gasteiger partial charge in [-0.2, -0.15) is 0 Å². The Morgan fingerprint density at radius 1 is 1.14 bits per heavy atom. The first-order chi connectivity index (χ1) is 10.3. The van der Waals surface area contributed by atoms with Gasteiger partial charge in [-0.05, 0) is 30.5 Å². The minimum Gasteiger partial charge on any atom is -0.395 e. The number of hydrogen-bond acceptors (Lipinski definition) is 4. The van der Waals surface area contributed by atoms with Gasteiger partial charge in [0.25, 0.3) is 0 Å². The molecule has 0 spiro atoms. The number of anilines is 1. The Morgan fingerprint density at radius 2 is 1.90 bits per heavy atom. The molecule has 0 radical (unpaired) electrons. The van der Waals surface area contributed by atoms with Crippen LogP contribution in [0.2, 0.25) is 0 Å². The van der Waals surface area contributed by atoms with Crippen LogP contribution in [0.3, 0.4) is 0 Å². The molecule has 1 aliphatic rings. The zero-order valence-electron chi connectivity index (χ0n) is 12.2. The van der Waals surface area contributed by atoms with Gasteiger partial charge in [0.1, 0.15) is 5.82 Å². The molecule has 0 amide bonds. The smallest absolute Gasteiger partial charge is 0.129 e. The highest BCUT2D eigenvalue weighted by molar-refractivity contribution is 5.84. The molecule has 0 unspecified atom stereocenters. The fraction of sp³-hybridized carbons (Fsp3) is 0.471. The van der Waals surface area contributed by atoms with Crippen LogP contribution in [0.5, 0.6) is 0 Å². The van der Waals surface area contributed by atoms with Crippen molar-refractivity contribution in [3.05, 3.63) is 35.9 Å². The first-order valence-electron chi connectivity index (χ1n) is 7.70. The summed E-state index contributed by atoms with van der Waals surface area (Å²) in [6, 6.07) is 10.3. The monoisotopic (exact) mass is 286 g/mol. The zero-order chi connectivity index (χ0) is 14.7. The molecule has 1 heterocycles. The number of nitrogens with zero attached hydrogens (tertiary/aromatic N) is 2. The van der Waals surface area contributed by atoms with Crippen molar-refractivity contribution in [1.82, 2.24) is 4.98 Å². The van der Waals surface area contributed by atoms with Gasteiger partial charge in [0.05, 0.1) is 18.7 Å². The lowest BCUT2D eigenvalue weighted by atomic mass is 10.1. The Morgan fingerprint density at radius 3 is 2.62 bits per heavy atom. The van der Waals surface area contributed by atoms with Gasteiger partial charge in [-0.15, -0.1) is 0 Å². The zero-order valence-corrected chi connectivity index (χ0v) is 12.2. The van der Waals surface area contributed by atoms with E-state index in [2.05, 4.69) is 4.90 Å². The molecule has 0 atom stereocenters. The number of fused-ring (bicyclic) bond motifs is 1. The molecule has 21 heavy (non-hydrogen) atoms. The van der Waals surface area contributed by atoms with Crippen molar-refractivity contribution >= 4 is 16.7 Å². The first kappa shape index (κ1) is 14.3. The highest BCUT2D eigenvalue weighted by Gasteiger charge is 2.24. The van der Waals surface area contributed by atoms with Crippen molar-refractivity contribution in [2.45, 2.75) is 38.3 Å². The quantitative estimate of drug-likeness (QED) is 0.886. The van der Waals surface area contributed by atoms with E-state index in [1.54, 1.807) is 0 Å². The minimum absolute atomic E-state index is 0.00760. The van der Waals surface area contributed by atoms with Gasteiger partial charge in [0.2, 0.25) is 0 Å². The third kappa shape index (κ3) is 2.87. The average Bonchev–Trinajstić information content (AvgIpc) is 3.05. The molecule has 2 N–H and O–H groups in total. The van der Waals surface area contributed by atoms with Gasteiger partial charge in [-0.1, -0.05) is 31.0 Å². The molecule has 0 saturated heterocycles. The number of aliphatic hydroxyl groups is 2. The van der Waals surface area contributed by atoms with Gasteiger partial charge in [0.15, 0.2) is 0 Å². The number of aliphatic hydroxyl groups excluding tert-OH is 2. The number of pyridine rings is 1. The van der Waals surface area contributed by atoms with E-state index in [1.807, 2.05) is 30.3 Å². The lowest BCUT2D eigenvalue weighted by Gasteiger charge is -2.30. The molecule has 112 valence electrons. The number of rotatable bonds is 5. The maximum atomic E-state index is 9.64. The molecule has 1 aliphatic carbocycles. The third-order valence-electron chi connectivity index (χ3n) is 4.36. The van der Waals surface area contributed by atoms with Crippen LogP contribution in [0, 0.1) is 0 Å². The van der Waals surface area contributed by atoms with Gasteiger partial charge in [-0.3, -0.25) is 0 Å². The highest BCUT2D eigenvalue weighted by Crippen LogP contribution is 2.29. The molecular weight excluding hydrogens is 264 g/mol. The Balaban J connectivity index is 2.04. The molecule has 4 heteroatoms. The molecule has 3 rings (SSSR count). The molecule has 1 saturated carbocycles. The summed E-state index contributed by atoms with van der Waals surface area (Å²) in [6.07, 6.45) is 4.80. The van der Waals surface area contributed by atoms with E-state index in [0.29, 0.717) is 12.6 Å². The molecule has 1 fully saturated rings. The summed E-state index contributed by atoms with van der Waals surface area (Å²) in [7, 11) is 0. The second-order valence-electron chi connectivity index (χ2n) is 5.67. The highest BCUT2D eigenvalue weighted by atomic mass is 16.3. The summed E-state index contributed by atoms with van der Waals surface area (Å²) in [4.78, 5) is 6.96. The summed E-state index contributed by atoms with van der Waals surface area (Å²) in [5.74, 6) is 0.874. The Hall–Kier alpha value is -1.65. The maximum absolute atomic E-state index is 9.64. The van der Waals surface area contributed by atoms with Crippen LogP contribution in [0.15, 0.2) is 30.3 Å². The number of benzene rings is 1. The summed E-state index contributed by atoms with van der Waals surface area (Å²) in [5, 5.41) is 20.0. The van der Waals surface area contributed by atoms with E-state index >= 15 is 0 Å². The van der Waals surface area contributed by atoms with Gasteiger partial charge < -0.3 is 15.1 Å². The molecule has 1 aromatic carbocycles. The normalized spacial score (nSPS) is 15.7. The fourth-order valence-electron chi connectivity index (χ4n) is 3.32. The van der Waals surface area contributed by atoms with E-state index in [9.17, 15) is 10.2 Å². The van der Waals surface area contributed by atoms with Crippen LogP contribution in [0.25, 0.3) is 10.9 Å². The van der Waals surface area contributed by atoms with Gasteiger partial charge in [0, 0.05) is 18.0 Å². The van der Waals surface area contributed by atoms with E-state index < -0.39 is 0 Å². The molecule has 0 bridgehead atoms. The second-order valence-corrected chi connectivity index (χ2v) is 5.67. The molecular formula is C17H22N2O2. The van der Waals surface area contributed by atoms with Crippen molar-refractivity contribution in [3.63, 3.8) is 0 Å². The van der Waals surface area contributed by atoms with Crippen molar-refractivity contribution in [2.24, 2.45) is 0 Å². The van der Waals surface area contributed by atoms with E-state index in [0.717, 1.165) is 35.1 Å². The molecule has 2 aromatic rings. The SMILES string of the molecule is OCCN(c1cc(CO)c2ccccc2n1)C1CCCC1. The summed E-state index contributed by atoms with van der Waals surface area (Å²) in [5.41, 5.74) is 1.80. The van der Waals surface area contributed by atoms with Crippen LogP contribution in [0.4, 0.5) is 5.82 Å². The van der Waals surface area contributed by atoms with Crippen LogP contribution in [0.1, 0.15) is 31.2 Å². The molecule has 0 aliphatic heterocycles. The second kappa shape index (κ2) is 6.41. The van der Waals surface area contributed by atoms with Crippen molar-refractivity contribution in [1.29, 1.82) is 0 Å². The lowest BCUT2D eigenvalue weighted by Crippen LogP contribution is -2.36. The predicted molar refractivity (Wildman–Crippen MR) is 84.4 cm³/mol. The van der Waals surface area contributed by atoms with Crippen molar-refractivity contribution in [3.8, 4) is 0 Å².